The van der Waals surface area contributed by atoms with Crippen molar-refractivity contribution in [3.05, 3.63) is 0 Å². The van der Waals surface area contributed by atoms with Crippen LogP contribution in [0.3, 0.4) is 0 Å². The van der Waals surface area contributed by atoms with Gasteiger partial charge in [0.2, 0.25) is 0 Å². The van der Waals surface area contributed by atoms with E-state index in [4.69, 9.17) is 15.2 Å². The second kappa shape index (κ2) is 6.33. The van der Waals surface area contributed by atoms with Crippen molar-refractivity contribution < 1.29 is 9.47 Å². The third-order valence-electron chi connectivity index (χ3n) is 4.77. The fourth-order valence-corrected chi connectivity index (χ4v) is 3.31. The van der Waals surface area contributed by atoms with Crippen LogP contribution in [0.5, 0.6) is 0 Å². The number of rotatable bonds is 6. The summed E-state index contributed by atoms with van der Waals surface area (Å²) in [6.45, 7) is 9.93. The Labute approximate surface area is 111 Å². The minimum atomic E-state index is 0.0528. The van der Waals surface area contributed by atoms with E-state index in [1.807, 2.05) is 0 Å². The summed E-state index contributed by atoms with van der Waals surface area (Å²) in [5, 5.41) is 0. The zero-order chi connectivity index (χ0) is 13.0. The molecule has 2 aliphatic rings. The van der Waals surface area contributed by atoms with Crippen LogP contribution in [0.2, 0.25) is 0 Å². The van der Waals surface area contributed by atoms with Gasteiger partial charge in [-0.1, -0.05) is 6.92 Å². The predicted octanol–water partition coefficient (Wildman–Crippen LogP) is 1.24. The second-order valence-corrected chi connectivity index (χ2v) is 5.80. The Morgan fingerprint density at radius 3 is 2.67 bits per heavy atom. The van der Waals surface area contributed by atoms with E-state index in [2.05, 4.69) is 18.7 Å². The highest BCUT2D eigenvalue weighted by molar-refractivity contribution is 4.96. The van der Waals surface area contributed by atoms with Gasteiger partial charge in [-0.25, -0.2) is 0 Å². The molecule has 4 nitrogen and oxygen atoms in total. The van der Waals surface area contributed by atoms with Crippen LogP contribution in [-0.2, 0) is 9.47 Å². The second-order valence-electron chi connectivity index (χ2n) is 5.80. The molecule has 0 aliphatic carbocycles. The molecule has 18 heavy (non-hydrogen) atoms. The summed E-state index contributed by atoms with van der Waals surface area (Å²) in [5.41, 5.74) is 6.15. The van der Waals surface area contributed by atoms with Crippen LogP contribution >= 0.6 is 0 Å². The average Bonchev–Trinajstić information content (AvgIpc) is 3.07. The zero-order valence-electron chi connectivity index (χ0n) is 11.9. The van der Waals surface area contributed by atoms with Gasteiger partial charge in [0.25, 0.3) is 0 Å². The highest BCUT2D eigenvalue weighted by atomic mass is 16.5. The molecule has 0 aromatic heterocycles. The zero-order valence-corrected chi connectivity index (χ0v) is 11.9. The maximum Gasteiger partial charge on any atom is 0.0703 e. The van der Waals surface area contributed by atoms with Crippen LogP contribution in [-0.4, -0.2) is 56.0 Å². The molecule has 2 fully saturated rings. The average molecular weight is 256 g/mol. The summed E-state index contributed by atoms with van der Waals surface area (Å²) in [5.74, 6) is 0.559. The fourth-order valence-electron chi connectivity index (χ4n) is 3.31. The van der Waals surface area contributed by atoms with E-state index in [9.17, 15) is 0 Å². The first-order valence-corrected chi connectivity index (χ1v) is 7.35. The molecule has 0 aromatic rings. The van der Waals surface area contributed by atoms with Crippen molar-refractivity contribution in [2.24, 2.45) is 11.7 Å². The van der Waals surface area contributed by atoms with Gasteiger partial charge in [-0.05, 0) is 32.7 Å². The summed E-state index contributed by atoms with van der Waals surface area (Å²) in [6, 6.07) is 0. The smallest absolute Gasteiger partial charge is 0.0703 e. The molecule has 0 bridgehead atoms. The highest BCUT2D eigenvalue weighted by Gasteiger charge is 2.40. The molecule has 0 aromatic carbocycles. The Morgan fingerprint density at radius 1 is 1.33 bits per heavy atom. The quantitative estimate of drug-likeness (QED) is 0.777. The number of hydrogen-bond acceptors (Lipinski definition) is 4. The van der Waals surface area contributed by atoms with Crippen LogP contribution < -0.4 is 5.73 Å². The van der Waals surface area contributed by atoms with Gasteiger partial charge in [0.15, 0.2) is 0 Å². The van der Waals surface area contributed by atoms with Crippen LogP contribution in [0.25, 0.3) is 0 Å². The molecule has 0 amide bonds. The lowest BCUT2D eigenvalue weighted by Crippen LogP contribution is -2.58. The molecule has 3 unspecified atom stereocenters. The Morgan fingerprint density at radius 2 is 2.17 bits per heavy atom. The van der Waals surface area contributed by atoms with Gasteiger partial charge >= 0.3 is 0 Å². The Bertz CT molecular complexity index is 250. The number of likely N-dealkylation sites (N-methyl/N-ethyl adjacent to an activating group) is 1. The van der Waals surface area contributed by atoms with Gasteiger partial charge in [-0.3, -0.25) is 4.90 Å². The van der Waals surface area contributed by atoms with E-state index < -0.39 is 0 Å². The van der Waals surface area contributed by atoms with Gasteiger partial charge in [-0.15, -0.1) is 0 Å². The van der Waals surface area contributed by atoms with Crippen LogP contribution in [0.15, 0.2) is 0 Å². The molecule has 2 rings (SSSR count). The Balaban J connectivity index is 2.01. The van der Waals surface area contributed by atoms with Gasteiger partial charge in [-0.2, -0.15) is 0 Å². The molecule has 2 aliphatic heterocycles. The lowest BCUT2D eigenvalue weighted by molar-refractivity contribution is 0.00182. The molecule has 2 N–H and O–H groups in total. The molecule has 106 valence electrons. The lowest BCUT2D eigenvalue weighted by atomic mass is 9.83. The molecular formula is C14H28N2O2. The van der Waals surface area contributed by atoms with Crippen molar-refractivity contribution in [3.63, 3.8) is 0 Å². The van der Waals surface area contributed by atoms with Crippen molar-refractivity contribution in [2.75, 3.05) is 39.5 Å². The Hall–Kier alpha value is -0.160. The summed E-state index contributed by atoms with van der Waals surface area (Å²) >= 11 is 0. The van der Waals surface area contributed by atoms with E-state index in [1.165, 1.54) is 12.8 Å². The van der Waals surface area contributed by atoms with Crippen LogP contribution in [0, 0.1) is 5.92 Å². The summed E-state index contributed by atoms with van der Waals surface area (Å²) in [7, 11) is 0. The molecule has 0 radical (unpaired) electrons. The minimum Gasteiger partial charge on any atom is -0.381 e. The van der Waals surface area contributed by atoms with Gasteiger partial charge in [0, 0.05) is 37.8 Å². The van der Waals surface area contributed by atoms with E-state index in [0.717, 1.165) is 39.3 Å². The molecule has 0 spiro atoms. The topological polar surface area (TPSA) is 47.7 Å². The van der Waals surface area contributed by atoms with Crippen molar-refractivity contribution >= 4 is 0 Å². The first-order valence-electron chi connectivity index (χ1n) is 7.35. The van der Waals surface area contributed by atoms with Crippen molar-refractivity contribution in [2.45, 2.75) is 44.8 Å². The molecule has 0 saturated carbocycles. The van der Waals surface area contributed by atoms with Crippen LogP contribution in [0.4, 0.5) is 0 Å². The third-order valence-corrected chi connectivity index (χ3v) is 4.77. The first kappa shape index (κ1) is 14.3. The van der Waals surface area contributed by atoms with Gasteiger partial charge < -0.3 is 15.2 Å². The largest absolute Gasteiger partial charge is 0.381 e. The molecule has 2 saturated heterocycles. The van der Waals surface area contributed by atoms with E-state index in [-0.39, 0.29) is 5.54 Å². The van der Waals surface area contributed by atoms with Crippen molar-refractivity contribution in [3.8, 4) is 0 Å². The van der Waals surface area contributed by atoms with Gasteiger partial charge in [0.05, 0.1) is 12.7 Å². The maximum absolute atomic E-state index is 6.10. The molecular weight excluding hydrogens is 228 g/mol. The monoisotopic (exact) mass is 256 g/mol. The van der Waals surface area contributed by atoms with Crippen molar-refractivity contribution in [1.82, 2.24) is 4.90 Å². The maximum atomic E-state index is 6.10. The summed E-state index contributed by atoms with van der Waals surface area (Å²) in [6.07, 6.45) is 3.93. The SMILES string of the molecule is CCN(CC1CCCO1)C(C)(CN)C1CCOC1. The first-order chi connectivity index (χ1) is 8.70. The molecule has 3 atom stereocenters. The third kappa shape index (κ3) is 2.87. The normalized spacial score (nSPS) is 32.0. The number of nitrogens with two attached hydrogens (primary N) is 1. The number of ether oxygens (including phenoxy) is 2. The highest BCUT2D eigenvalue weighted by Crippen LogP contribution is 2.31. The summed E-state index contributed by atoms with van der Waals surface area (Å²) in [4.78, 5) is 2.52. The van der Waals surface area contributed by atoms with E-state index in [1.54, 1.807) is 0 Å². The van der Waals surface area contributed by atoms with Gasteiger partial charge in [0.1, 0.15) is 0 Å². The minimum absolute atomic E-state index is 0.0528. The summed E-state index contributed by atoms with van der Waals surface area (Å²) < 4.78 is 11.3. The van der Waals surface area contributed by atoms with E-state index >= 15 is 0 Å². The molecule has 4 heteroatoms. The lowest BCUT2D eigenvalue weighted by Gasteiger charge is -2.45. The standard InChI is InChI=1S/C14H28N2O2/c1-3-16(9-13-5-4-7-18-13)14(2,11-15)12-6-8-17-10-12/h12-13H,3-11,15H2,1-2H3. The number of hydrogen-bond donors (Lipinski definition) is 1. The predicted molar refractivity (Wildman–Crippen MR) is 72.6 cm³/mol. The Kier molecular flexibility index (Phi) is 5.01. The van der Waals surface area contributed by atoms with E-state index in [0.29, 0.717) is 18.6 Å². The van der Waals surface area contributed by atoms with Crippen LogP contribution in [0.1, 0.15) is 33.1 Å². The van der Waals surface area contributed by atoms with Crippen molar-refractivity contribution in [1.29, 1.82) is 0 Å². The number of nitrogens with zero attached hydrogens (tertiary/aromatic N) is 1. The molecule has 2 heterocycles. The fraction of sp³-hybridized carbons (Fsp3) is 1.00.